The van der Waals surface area contributed by atoms with Crippen LogP contribution in [-0.2, 0) is 59.4 Å². The van der Waals surface area contributed by atoms with Gasteiger partial charge in [0, 0.05) is 25.4 Å². The van der Waals surface area contributed by atoms with Crippen LogP contribution in [-0.4, -0.2) is 155 Å². The zero-order valence-corrected chi connectivity index (χ0v) is 66.5. The average molecular weight is 1360 g/mol. The van der Waals surface area contributed by atoms with E-state index in [1.165, 1.54) is 9.80 Å². The summed E-state index contributed by atoms with van der Waals surface area (Å²) in [5.74, 6) is -3.31. The topological polar surface area (TPSA) is 226 Å². The normalized spacial score (nSPS) is 21.0. The second kappa shape index (κ2) is 29.4. The first-order valence-electron chi connectivity index (χ1n) is 33.0. The molecule has 0 bridgehead atoms. The fraction of sp³-hybridized carbons (Fsp3) is 0.735. The number of likely N-dealkylation sites (tertiary alicyclic amines) is 2. The van der Waals surface area contributed by atoms with Crippen LogP contribution in [0.2, 0.25) is 90.7 Å². The molecular formula is C68H122N6O12Si5. The van der Waals surface area contributed by atoms with Crippen LogP contribution in [0.25, 0.3) is 0 Å². The van der Waals surface area contributed by atoms with Crippen molar-refractivity contribution in [3.63, 3.8) is 0 Å². The van der Waals surface area contributed by atoms with Gasteiger partial charge in [-0.2, -0.15) is 0 Å². The second-order valence-electron chi connectivity index (χ2n) is 34.0. The van der Waals surface area contributed by atoms with Gasteiger partial charge < -0.3 is 58.4 Å². The highest BCUT2D eigenvalue weighted by molar-refractivity contribution is 6.76. The molecule has 0 aromatic heterocycles. The van der Waals surface area contributed by atoms with Crippen molar-refractivity contribution in [1.29, 1.82) is 0 Å². The summed E-state index contributed by atoms with van der Waals surface area (Å²) in [6, 6.07) is 10.5. The van der Waals surface area contributed by atoms with E-state index in [1.54, 1.807) is 6.92 Å². The maximum atomic E-state index is 16.4. The third-order valence-corrected chi connectivity index (χ3v) is 43.5. The molecule has 6 amide bonds. The van der Waals surface area contributed by atoms with Crippen LogP contribution in [0.4, 0.5) is 4.79 Å². The van der Waals surface area contributed by atoms with E-state index >= 15 is 19.2 Å². The molecule has 91 heavy (non-hydrogen) atoms. The number of amides is 6. The fourth-order valence-electron chi connectivity index (χ4n) is 10.1. The number of nitrogens with two attached hydrogens (primary N) is 1. The number of ether oxygens (including phenoxy) is 1. The van der Waals surface area contributed by atoms with E-state index in [2.05, 4.69) is 185 Å². The van der Waals surface area contributed by atoms with Gasteiger partial charge in [-0.15, -0.1) is 0 Å². The van der Waals surface area contributed by atoms with Crippen LogP contribution in [0.1, 0.15) is 149 Å². The molecule has 0 saturated carbocycles. The largest absolute Gasteiger partial charge is 0.544 e. The molecule has 2 aliphatic heterocycles. The van der Waals surface area contributed by atoms with Gasteiger partial charge in [-0.3, -0.25) is 24.0 Å². The van der Waals surface area contributed by atoms with Crippen molar-refractivity contribution >= 4 is 77.2 Å². The van der Waals surface area contributed by atoms with Gasteiger partial charge in [-0.25, -0.2) is 4.79 Å². The van der Waals surface area contributed by atoms with Crippen LogP contribution in [0.5, 0.6) is 5.75 Å². The van der Waals surface area contributed by atoms with E-state index in [0.717, 1.165) is 11.1 Å². The molecule has 5 N–H and O–H groups in total. The molecule has 10 atom stereocenters. The lowest BCUT2D eigenvalue weighted by atomic mass is 9.99. The number of hydrogen-bond donors (Lipinski definition) is 4. The molecule has 2 fully saturated rings. The molecule has 2 saturated heterocycles. The zero-order chi connectivity index (χ0) is 70.0. The van der Waals surface area contributed by atoms with Gasteiger partial charge in [-0.1, -0.05) is 167 Å². The number of nitrogens with zero attached hydrogens (tertiary/aromatic N) is 2. The number of carbonyl (C=O) groups excluding carboxylic acids is 6. The SMILES string of the molecule is CC(C)C(NC(=O)OCc1ccccc1)C(=O)N1CC(O[Si](C)(C)C(C)(C)C)CC1C(=O)NC(C(=O)NC(C(=O)N1CC(C)C(O[Si](C)(C)C(C)(C)C)C1C(N)=O)C(C)O[Si](C)(C)C(C)(C)C)C(Cc1ccc(O[Si](C)(C)C(C)(C)C)cc1)O[Si](C)(C)C(C)(C)C. The van der Waals surface area contributed by atoms with Gasteiger partial charge in [0.05, 0.1) is 24.4 Å². The molecule has 10 unspecified atom stereocenters. The van der Waals surface area contributed by atoms with Crippen molar-refractivity contribution in [2.24, 2.45) is 17.6 Å². The molecule has 18 nitrogen and oxygen atoms in total. The van der Waals surface area contributed by atoms with E-state index in [4.69, 9.17) is 32.6 Å². The van der Waals surface area contributed by atoms with Crippen molar-refractivity contribution in [2.75, 3.05) is 13.1 Å². The molecule has 23 heteroatoms. The highest BCUT2D eigenvalue weighted by atomic mass is 28.4. The Balaban J connectivity index is 2.01. The van der Waals surface area contributed by atoms with E-state index < -0.39 is 143 Å². The quantitative estimate of drug-likeness (QED) is 0.0681. The number of nitrogens with one attached hydrogen (secondary N) is 3. The Morgan fingerprint density at radius 3 is 1.53 bits per heavy atom. The smallest absolute Gasteiger partial charge is 0.408 e. The maximum absolute atomic E-state index is 16.4. The molecule has 2 aromatic carbocycles. The van der Waals surface area contributed by atoms with Gasteiger partial charge in [0.25, 0.3) is 0 Å². The summed E-state index contributed by atoms with van der Waals surface area (Å²) in [5.41, 5.74) is 7.88. The second-order valence-corrected chi connectivity index (χ2v) is 57.8. The standard InChI is InChI=1S/C68H122N6O12Si5/c1-44(2)53(72-63(80)81-43-48-33-31-30-32-34-48)61(78)73-42-50(84-89(24,25)66(11,12)13)40-51(73)59(76)71-55(52(85-90(26,27)67(14,15)16)39-47-35-37-49(38-36-47)83-88(22,23)65(8,9)10)60(77)70-54(46(4)82-87(20,21)64(5,6)7)62(79)74-41-45(3)57(56(74)58(69)75)86-91(28,29)68(17,18)19/h30-38,44-46,50-57H,39-43H2,1-29H3,(H2,69,75)(H,70,77)(H,71,76)(H,72,80). The van der Waals surface area contributed by atoms with Crippen molar-refractivity contribution in [3.8, 4) is 5.75 Å². The van der Waals surface area contributed by atoms with Crippen LogP contribution in [0.15, 0.2) is 54.6 Å². The molecule has 2 aromatic rings. The molecule has 0 aliphatic carbocycles. The van der Waals surface area contributed by atoms with Crippen molar-refractivity contribution in [1.82, 2.24) is 25.8 Å². The van der Waals surface area contributed by atoms with Crippen LogP contribution in [0, 0.1) is 11.8 Å². The summed E-state index contributed by atoms with van der Waals surface area (Å²) in [7, 11) is -13.0. The Bertz CT molecular complexity index is 2820. The third-order valence-electron chi connectivity index (χ3n) is 21.1. The predicted molar refractivity (Wildman–Crippen MR) is 378 cm³/mol. The van der Waals surface area contributed by atoms with Crippen LogP contribution < -0.4 is 26.1 Å². The Morgan fingerprint density at radius 2 is 1.04 bits per heavy atom. The number of carbonyl (C=O) groups is 6. The van der Waals surface area contributed by atoms with E-state index in [-0.39, 0.29) is 58.6 Å². The first-order chi connectivity index (χ1) is 41.1. The van der Waals surface area contributed by atoms with Gasteiger partial charge in [0.1, 0.15) is 42.6 Å². The number of benzene rings is 2. The van der Waals surface area contributed by atoms with Gasteiger partial charge in [-0.05, 0) is 133 Å². The van der Waals surface area contributed by atoms with Crippen molar-refractivity contribution in [3.05, 3.63) is 65.7 Å². The van der Waals surface area contributed by atoms with Gasteiger partial charge >= 0.3 is 6.09 Å². The molecule has 0 radical (unpaired) electrons. The maximum Gasteiger partial charge on any atom is 0.408 e. The highest BCUT2D eigenvalue weighted by Crippen LogP contribution is 2.44. The summed E-state index contributed by atoms with van der Waals surface area (Å²) >= 11 is 0. The monoisotopic (exact) mass is 1350 g/mol. The van der Waals surface area contributed by atoms with Crippen molar-refractivity contribution < 1.29 is 55.6 Å². The van der Waals surface area contributed by atoms with Crippen molar-refractivity contribution in [2.45, 2.75) is 296 Å². The van der Waals surface area contributed by atoms with E-state index in [9.17, 15) is 9.59 Å². The minimum Gasteiger partial charge on any atom is -0.544 e. The molecule has 0 spiro atoms. The summed E-state index contributed by atoms with van der Waals surface area (Å²) in [6.07, 6.45) is -3.98. The number of hydrogen-bond acceptors (Lipinski definition) is 12. The summed E-state index contributed by atoms with van der Waals surface area (Å²) in [6.45, 7) is 60.4. The lowest BCUT2D eigenvalue weighted by Gasteiger charge is -2.43. The molecule has 4 rings (SSSR count). The first kappa shape index (κ1) is 79.2. The summed E-state index contributed by atoms with van der Waals surface area (Å²) < 4.78 is 40.8. The Hall–Kier alpha value is -4.22. The Morgan fingerprint density at radius 1 is 0.560 bits per heavy atom. The van der Waals surface area contributed by atoms with E-state index in [0.29, 0.717) is 5.75 Å². The van der Waals surface area contributed by atoms with Crippen LogP contribution >= 0.6 is 0 Å². The Kier molecular flexibility index (Phi) is 25.6. The first-order valence-corrected chi connectivity index (χ1v) is 47.6. The molecular weight excluding hydrogens is 1230 g/mol. The number of primary amides is 1. The predicted octanol–water partition coefficient (Wildman–Crippen LogP) is 13.0. The average Bonchev–Trinajstić information content (AvgIpc) is 1.69. The minimum atomic E-state index is -2.90. The number of alkyl carbamates (subject to hydrolysis) is 1. The van der Waals surface area contributed by atoms with Gasteiger partial charge in [0.15, 0.2) is 33.3 Å². The zero-order valence-electron chi connectivity index (χ0n) is 61.5. The van der Waals surface area contributed by atoms with Crippen LogP contribution in [0.3, 0.4) is 0 Å². The number of rotatable bonds is 25. The van der Waals surface area contributed by atoms with E-state index in [1.807, 2.05) is 75.4 Å². The third kappa shape index (κ3) is 20.2. The molecule has 2 aliphatic rings. The Labute approximate surface area is 554 Å². The van der Waals surface area contributed by atoms with Gasteiger partial charge in [0.2, 0.25) is 37.9 Å². The minimum absolute atomic E-state index is 0.0196. The molecule has 516 valence electrons. The molecule has 2 heterocycles. The lowest BCUT2D eigenvalue weighted by molar-refractivity contribution is -0.145. The summed E-state index contributed by atoms with van der Waals surface area (Å²) in [5, 5.41) is 7.92. The summed E-state index contributed by atoms with van der Waals surface area (Å²) in [4.78, 5) is 94.1. The highest BCUT2D eigenvalue weighted by Gasteiger charge is 2.55. The lowest BCUT2D eigenvalue weighted by Crippen LogP contribution is -2.65. The fourth-order valence-corrected chi connectivity index (χ4v) is 16.6.